The van der Waals surface area contributed by atoms with E-state index in [9.17, 15) is 4.79 Å². The average Bonchev–Trinajstić information content (AvgIpc) is 3.09. The normalized spacial score (nSPS) is 10.4. The molecule has 0 aliphatic carbocycles. The van der Waals surface area contributed by atoms with Crippen molar-refractivity contribution in [1.29, 1.82) is 0 Å². The van der Waals surface area contributed by atoms with Crippen LogP contribution in [0, 0.1) is 6.92 Å². The summed E-state index contributed by atoms with van der Waals surface area (Å²) in [6, 6.07) is 14.7. The van der Waals surface area contributed by atoms with Crippen LogP contribution in [0.3, 0.4) is 0 Å². The van der Waals surface area contributed by atoms with Crippen molar-refractivity contribution in [2.75, 3.05) is 7.11 Å². The van der Waals surface area contributed by atoms with E-state index in [1.165, 1.54) is 0 Å². The quantitative estimate of drug-likeness (QED) is 0.781. The van der Waals surface area contributed by atoms with E-state index in [0.29, 0.717) is 17.3 Å². The largest absolute Gasteiger partial charge is 0.497 e. The molecule has 0 bridgehead atoms. The van der Waals surface area contributed by atoms with Gasteiger partial charge in [0.25, 0.3) is 5.91 Å². The average molecular weight is 323 g/mol. The third-order valence-corrected chi connectivity index (χ3v) is 3.50. The lowest BCUT2D eigenvalue weighted by Gasteiger charge is -2.03. The second kappa shape index (κ2) is 6.95. The van der Waals surface area contributed by atoms with E-state index in [1.807, 2.05) is 49.4 Å². The second-order valence-corrected chi connectivity index (χ2v) is 5.29. The highest BCUT2D eigenvalue weighted by Crippen LogP contribution is 2.19. The van der Waals surface area contributed by atoms with Crippen LogP contribution in [0.4, 0.5) is 0 Å². The summed E-state index contributed by atoms with van der Waals surface area (Å²) in [6.45, 7) is 2.12. The summed E-state index contributed by atoms with van der Waals surface area (Å²) in [6.07, 6.45) is 0. The molecule has 3 rings (SSSR count). The maximum absolute atomic E-state index is 12.1. The van der Waals surface area contributed by atoms with E-state index in [1.54, 1.807) is 13.2 Å². The number of methoxy groups -OCH3 is 1. The minimum absolute atomic E-state index is 0.177. The summed E-state index contributed by atoms with van der Waals surface area (Å²) in [5, 5.41) is 6.70. The van der Waals surface area contributed by atoms with Crippen LogP contribution in [-0.2, 0) is 6.54 Å². The molecule has 0 aliphatic rings. The first-order valence-corrected chi connectivity index (χ1v) is 7.47. The maximum atomic E-state index is 12.1. The van der Waals surface area contributed by atoms with Crippen molar-refractivity contribution in [3.63, 3.8) is 0 Å². The van der Waals surface area contributed by atoms with E-state index in [0.717, 1.165) is 16.9 Å². The smallest absolute Gasteiger partial charge is 0.251 e. The van der Waals surface area contributed by atoms with Gasteiger partial charge in [0, 0.05) is 11.1 Å². The molecule has 0 fully saturated rings. The monoisotopic (exact) mass is 323 g/mol. The van der Waals surface area contributed by atoms with Crippen LogP contribution in [0.1, 0.15) is 21.8 Å². The summed E-state index contributed by atoms with van der Waals surface area (Å²) < 4.78 is 10.3. The van der Waals surface area contributed by atoms with Gasteiger partial charge >= 0.3 is 0 Å². The van der Waals surface area contributed by atoms with E-state index in [4.69, 9.17) is 9.26 Å². The molecule has 2 aromatic carbocycles. The predicted octanol–water partition coefficient (Wildman–Crippen LogP) is 2.98. The van der Waals surface area contributed by atoms with E-state index in [2.05, 4.69) is 15.5 Å². The Kier molecular flexibility index (Phi) is 4.56. The summed E-state index contributed by atoms with van der Waals surface area (Å²) in [4.78, 5) is 16.4. The molecule has 1 aromatic heterocycles. The molecule has 6 heteroatoms. The van der Waals surface area contributed by atoms with Crippen molar-refractivity contribution in [2.24, 2.45) is 0 Å². The van der Waals surface area contributed by atoms with Gasteiger partial charge in [-0.1, -0.05) is 22.9 Å². The van der Waals surface area contributed by atoms with Gasteiger partial charge in [0.05, 0.1) is 13.7 Å². The van der Waals surface area contributed by atoms with Crippen molar-refractivity contribution >= 4 is 5.91 Å². The lowest BCUT2D eigenvalue weighted by atomic mass is 10.1. The number of aromatic nitrogens is 2. The molecule has 0 saturated heterocycles. The van der Waals surface area contributed by atoms with Crippen LogP contribution in [0.15, 0.2) is 53.1 Å². The van der Waals surface area contributed by atoms with Gasteiger partial charge in [-0.2, -0.15) is 4.98 Å². The number of aryl methyl sites for hydroxylation is 1. The number of hydrogen-bond acceptors (Lipinski definition) is 5. The third kappa shape index (κ3) is 3.60. The number of nitrogens with zero attached hydrogens (tertiary/aromatic N) is 2. The minimum Gasteiger partial charge on any atom is -0.497 e. The Labute approximate surface area is 139 Å². The van der Waals surface area contributed by atoms with Gasteiger partial charge in [0.1, 0.15) is 5.75 Å². The summed E-state index contributed by atoms with van der Waals surface area (Å²) >= 11 is 0. The fraction of sp³-hybridized carbons (Fsp3) is 0.167. The first-order valence-electron chi connectivity index (χ1n) is 7.47. The Morgan fingerprint density at radius 1 is 1.21 bits per heavy atom. The molecule has 0 spiro atoms. The fourth-order valence-corrected chi connectivity index (χ4v) is 2.23. The van der Waals surface area contributed by atoms with Gasteiger partial charge in [0.15, 0.2) is 0 Å². The Morgan fingerprint density at radius 2 is 2.00 bits per heavy atom. The first-order chi connectivity index (χ1) is 11.7. The molecule has 1 N–H and O–H groups in total. The number of amides is 1. The maximum Gasteiger partial charge on any atom is 0.251 e. The zero-order valence-corrected chi connectivity index (χ0v) is 13.4. The van der Waals surface area contributed by atoms with Crippen LogP contribution in [-0.4, -0.2) is 23.2 Å². The molecular formula is C18H17N3O3. The van der Waals surface area contributed by atoms with Gasteiger partial charge < -0.3 is 14.6 Å². The van der Waals surface area contributed by atoms with Crippen molar-refractivity contribution < 1.29 is 14.1 Å². The van der Waals surface area contributed by atoms with Crippen LogP contribution >= 0.6 is 0 Å². The number of ether oxygens (including phenoxy) is 1. The van der Waals surface area contributed by atoms with Crippen LogP contribution in [0.2, 0.25) is 0 Å². The lowest BCUT2D eigenvalue weighted by Crippen LogP contribution is -2.22. The highest BCUT2D eigenvalue weighted by Gasteiger charge is 2.11. The van der Waals surface area contributed by atoms with Crippen molar-refractivity contribution in [3.8, 4) is 17.1 Å². The topological polar surface area (TPSA) is 77.3 Å². The number of carbonyl (C=O) groups excluding carboxylic acids is 1. The highest BCUT2D eigenvalue weighted by atomic mass is 16.5. The molecular weight excluding hydrogens is 306 g/mol. The summed E-state index contributed by atoms with van der Waals surface area (Å²) in [7, 11) is 1.61. The molecule has 6 nitrogen and oxygen atoms in total. The molecule has 122 valence electrons. The molecule has 0 atom stereocenters. The highest BCUT2D eigenvalue weighted by molar-refractivity contribution is 5.94. The molecule has 0 unspecified atom stereocenters. The first kappa shape index (κ1) is 15.7. The van der Waals surface area contributed by atoms with Crippen molar-refractivity contribution in [2.45, 2.75) is 13.5 Å². The lowest BCUT2D eigenvalue weighted by molar-refractivity contribution is 0.0946. The Balaban J connectivity index is 1.64. The summed E-state index contributed by atoms with van der Waals surface area (Å²) in [5.41, 5.74) is 2.45. The number of nitrogens with one attached hydrogen (secondary N) is 1. The molecule has 0 saturated carbocycles. The second-order valence-electron chi connectivity index (χ2n) is 5.29. The number of benzene rings is 2. The number of hydrogen-bond donors (Lipinski definition) is 1. The SMILES string of the molecule is COc1ccc(-c2noc(CNC(=O)c3cccc(C)c3)n2)cc1. The Morgan fingerprint density at radius 3 is 2.71 bits per heavy atom. The van der Waals surface area contributed by atoms with E-state index >= 15 is 0 Å². The molecule has 1 amide bonds. The van der Waals surface area contributed by atoms with Crippen LogP contribution in [0.5, 0.6) is 5.75 Å². The molecule has 24 heavy (non-hydrogen) atoms. The van der Waals surface area contributed by atoms with E-state index in [-0.39, 0.29) is 12.5 Å². The van der Waals surface area contributed by atoms with Gasteiger partial charge in [-0.15, -0.1) is 0 Å². The van der Waals surface area contributed by atoms with Gasteiger partial charge in [-0.25, -0.2) is 0 Å². The number of carbonyl (C=O) groups is 1. The number of rotatable bonds is 5. The minimum atomic E-state index is -0.178. The van der Waals surface area contributed by atoms with Crippen LogP contribution in [0.25, 0.3) is 11.4 Å². The van der Waals surface area contributed by atoms with Crippen molar-refractivity contribution in [3.05, 3.63) is 65.5 Å². The van der Waals surface area contributed by atoms with Crippen molar-refractivity contribution in [1.82, 2.24) is 15.5 Å². The van der Waals surface area contributed by atoms with Gasteiger partial charge in [0.2, 0.25) is 11.7 Å². The summed E-state index contributed by atoms with van der Waals surface area (Å²) in [5.74, 6) is 1.40. The standard InChI is InChI=1S/C18H17N3O3/c1-12-4-3-5-14(10-12)18(22)19-11-16-20-17(21-24-16)13-6-8-15(23-2)9-7-13/h3-10H,11H2,1-2H3,(H,19,22). The molecule has 0 radical (unpaired) electrons. The molecule has 0 aliphatic heterocycles. The van der Waals surface area contributed by atoms with Gasteiger partial charge in [-0.05, 0) is 43.3 Å². The van der Waals surface area contributed by atoms with E-state index < -0.39 is 0 Å². The predicted molar refractivity (Wildman–Crippen MR) is 88.6 cm³/mol. The van der Waals surface area contributed by atoms with Gasteiger partial charge in [-0.3, -0.25) is 4.79 Å². The Bertz CT molecular complexity index is 841. The molecule has 3 aromatic rings. The Hall–Kier alpha value is -3.15. The van der Waals surface area contributed by atoms with Crippen LogP contribution < -0.4 is 10.1 Å². The fourth-order valence-electron chi connectivity index (χ4n) is 2.23. The molecule has 1 heterocycles. The zero-order valence-electron chi connectivity index (χ0n) is 13.4. The third-order valence-electron chi connectivity index (χ3n) is 3.50. The zero-order chi connectivity index (χ0) is 16.9.